The van der Waals surface area contributed by atoms with Gasteiger partial charge in [-0.3, -0.25) is 4.79 Å². The number of carbonyl (C=O) groups is 1. The highest BCUT2D eigenvalue weighted by atomic mass is 19.1. The minimum absolute atomic E-state index is 0.189. The minimum atomic E-state index is -0.708. The van der Waals surface area contributed by atoms with E-state index in [2.05, 4.69) is 0 Å². The molecule has 3 atom stereocenters. The van der Waals surface area contributed by atoms with Crippen molar-refractivity contribution < 1.29 is 22.7 Å². The van der Waals surface area contributed by atoms with Gasteiger partial charge in [-0.15, -0.1) is 0 Å². The number of ether oxygens (including phenoxy) is 1. The zero-order chi connectivity index (χ0) is 28.2. The van der Waals surface area contributed by atoms with Crippen LogP contribution in [0.4, 0.5) is 13.2 Å². The van der Waals surface area contributed by atoms with E-state index >= 15 is 0 Å². The number of halogens is 3. The van der Waals surface area contributed by atoms with Gasteiger partial charge >= 0.3 is 0 Å². The fourth-order valence-corrected chi connectivity index (χ4v) is 5.09. The van der Waals surface area contributed by atoms with Crippen molar-refractivity contribution in [1.82, 2.24) is 14.5 Å². The molecule has 39 heavy (non-hydrogen) atoms. The van der Waals surface area contributed by atoms with Gasteiger partial charge in [-0.1, -0.05) is 45.0 Å². The predicted octanol–water partition coefficient (Wildman–Crippen LogP) is 5.66. The summed E-state index contributed by atoms with van der Waals surface area (Å²) in [4.78, 5) is 20.5. The molecule has 0 unspecified atom stereocenters. The van der Waals surface area contributed by atoms with Crippen LogP contribution in [0.15, 0.2) is 54.7 Å². The molecule has 6 nitrogen and oxygen atoms in total. The fourth-order valence-electron chi connectivity index (χ4n) is 5.09. The Hall–Kier alpha value is -3.17. The zero-order valence-corrected chi connectivity index (χ0v) is 22.7. The molecule has 210 valence electrons. The van der Waals surface area contributed by atoms with Gasteiger partial charge < -0.3 is 19.9 Å². The average molecular weight is 543 g/mol. The number of benzene rings is 2. The summed E-state index contributed by atoms with van der Waals surface area (Å²) in [6.07, 6.45) is 2.87. The highest BCUT2D eigenvalue weighted by Crippen LogP contribution is 2.40. The van der Waals surface area contributed by atoms with Crippen LogP contribution in [-0.4, -0.2) is 52.3 Å². The van der Waals surface area contributed by atoms with E-state index in [9.17, 15) is 18.0 Å². The number of nitrogens with zero attached hydrogens (tertiary/aromatic N) is 3. The number of aromatic nitrogens is 2. The van der Waals surface area contributed by atoms with Crippen LogP contribution < -0.4 is 5.73 Å². The molecule has 2 N–H and O–H groups in total. The van der Waals surface area contributed by atoms with Gasteiger partial charge in [0.2, 0.25) is 0 Å². The zero-order valence-electron chi connectivity index (χ0n) is 22.7. The summed E-state index contributed by atoms with van der Waals surface area (Å²) >= 11 is 0. The maximum atomic E-state index is 14.1. The first-order valence-corrected chi connectivity index (χ1v) is 13.4. The van der Waals surface area contributed by atoms with Crippen LogP contribution in [0.25, 0.3) is 11.3 Å². The highest BCUT2D eigenvalue weighted by Gasteiger charge is 2.41. The molecule has 0 saturated carbocycles. The largest absolute Gasteiger partial charge is 0.368 e. The van der Waals surface area contributed by atoms with Crippen molar-refractivity contribution in [3.8, 4) is 11.3 Å². The van der Waals surface area contributed by atoms with E-state index in [1.165, 1.54) is 24.3 Å². The number of amides is 1. The summed E-state index contributed by atoms with van der Waals surface area (Å²) in [5, 5.41) is 0. The Morgan fingerprint density at radius 2 is 1.90 bits per heavy atom. The van der Waals surface area contributed by atoms with Gasteiger partial charge in [0.15, 0.2) is 0 Å². The number of carbonyl (C=O) groups excluding carboxylic acids is 1. The fraction of sp³-hybridized carbons (Fsp3) is 0.467. The molecule has 4 rings (SSSR count). The standard InChI is InChI=1S/C30H37F3N4O2/c1-30(2,3)27(37(13-12-24(34)17-31)29(38)26-11-6-14-39-26)28-35-25(21-8-5-10-23(33)16-21)19-36(28)18-20-7-4-9-22(32)15-20/h4-5,7-10,15-16,19,24,26-27H,6,11-14,17-18,34H2,1-3H3/t24-,26-,27-/m0/s1. The lowest BCUT2D eigenvalue weighted by Gasteiger charge is -2.41. The Bertz CT molecular complexity index is 1270. The first-order chi connectivity index (χ1) is 18.6. The summed E-state index contributed by atoms with van der Waals surface area (Å²) in [5.74, 6) is -0.379. The molecule has 9 heteroatoms. The molecular formula is C30H37F3N4O2. The second-order valence-electron chi connectivity index (χ2n) is 11.3. The minimum Gasteiger partial charge on any atom is -0.368 e. The lowest BCUT2D eigenvalue weighted by molar-refractivity contribution is -0.146. The van der Waals surface area contributed by atoms with E-state index in [0.717, 1.165) is 6.42 Å². The molecule has 3 aromatic rings. The molecule has 1 saturated heterocycles. The van der Waals surface area contributed by atoms with Crippen molar-refractivity contribution in [2.24, 2.45) is 11.1 Å². The predicted molar refractivity (Wildman–Crippen MR) is 145 cm³/mol. The number of hydrogen-bond donors (Lipinski definition) is 1. The molecule has 2 heterocycles. The summed E-state index contributed by atoms with van der Waals surface area (Å²) < 4.78 is 49.2. The smallest absolute Gasteiger partial charge is 0.252 e. The van der Waals surface area contributed by atoms with Crippen LogP contribution >= 0.6 is 0 Å². The summed E-state index contributed by atoms with van der Waals surface area (Å²) in [7, 11) is 0. The van der Waals surface area contributed by atoms with E-state index in [-0.39, 0.29) is 31.2 Å². The number of hydrogen-bond acceptors (Lipinski definition) is 4. The average Bonchev–Trinajstić information content (AvgIpc) is 3.56. The Labute approximate surface area is 228 Å². The van der Waals surface area contributed by atoms with E-state index < -0.39 is 36.1 Å². The first-order valence-electron chi connectivity index (χ1n) is 13.4. The number of nitrogens with two attached hydrogens (primary N) is 1. The number of imidazole rings is 1. The van der Waals surface area contributed by atoms with Crippen molar-refractivity contribution in [1.29, 1.82) is 0 Å². The summed E-state index contributed by atoms with van der Waals surface area (Å²) in [6.45, 7) is 6.33. The van der Waals surface area contributed by atoms with Crippen molar-refractivity contribution in [2.45, 2.75) is 64.8 Å². The quantitative estimate of drug-likeness (QED) is 0.359. The Morgan fingerprint density at radius 1 is 1.18 bits per heavy atom. The SMILES string of the molecule is CC(C)(C)[C@H](c1nc(-c2cccc(F)c2)cn1Cc1cccc(F)c1)N(CC[C@H](N)CF)C(=O)[C@@H]1CCCO1. The maximum absolute atomic E-state index is 14.1. The van der Waals surface area contributed by atoms with Gasteiger partial charge in [0.1, 0.15) is 30.2 Å². The third-order valence-corrected chi connectivity index (χ3v) is 6.97. The Morgan fingerprint density at radius 3 is 2.51 bits per heavy atom. The van der Waals surface area contributed by atoms with Crippen LogP contribution in [0.3, 0.4) is 0 Å². The molecular weight excluding hydrogens is 505 g/mol. The lowest BCUT2D eigenvalue weighted by atomic mass is 9.84. The second-order valence-corrected chi connectivity index (χ2v) is 11.3. The van der Waals surface area contributed by atoms with Crippen molar-refractivity contribution in [3.63, 3.8) is 0 Å². The molecule has 1 aliphatic rings. The van der Waals surface area contributed by atoms with Gasteiger partial charge in [0.25, 0.3) is 5.91 Å². The first kappa shape index (κ1) is 28.8. The van der Waals surface area contributed by atoms with Gasteiger partial charge in [0, 0.05) is 37.5 Å². The molecule has 0 bridgehead atoms. The molecule has 1 aromatic heterocycles. The Kier molecular flexibility index (Phi) is 9.12. The molecule has 1 aliphatic heterocycles. The highest BCUT2D eigenvalue weighted by molar-refractivity contribution is 5.81. The van der Waals surface area contributed by atoms with E-state index in [1.807, 2.05) is 31.4 Å². The maximum Gasteiger partial charge on any atom is 0.252 e. The van der Waals surface area contributed by atoms with E-state index in [4.69, 9.17) is 15.5 Å². The van der Waals surface area contributed by atoms with Gasteiger partial charge in [-0.25, -0.2) is 18.2 Å². The normalized spacial score (nSPS) is 17.3. The summed E-state index contributed by atoms with van der Waals surface area (Å²) in [6, 6.07) is 11.2. The lowest BCUT2D eigenvalue weighted by Crippen LogP contribution is -2.48. The number of rotatable bonds is 10. The molecule has 0 aliphatic carbocycles. The van der Waals surface area contributed by atoms with E-state index in [0.29, 0.717) is 35.7 Å². The van der Waals surface area contributed by atoms with Crippen LogP contribution in [0.1, 0.15) is 57.5 Å². The van der Waals surface area contributed by atoms with Crippen LogP contribution in [0, 0.1) is 17.0 Å². The van der Waals surface area contributed by atoms with Crippen LogP contribution in [0.2, 0.25) is 0 Å². The molecule has 1 fully saturated rings. The van der Waals surface area contributed by atoms with Crippen molar-refractivity contribution in [3.05, 3.63) is 77.8 Å². The molecule has 0 spiro atoms. The third kappa shape index (κ3) is 7.08. The van der Waals surface area contributed by atoms with Gasteiger partial charge in [-0.05, 0) is 54.5 Å². The van der Waals surface area contributed by atoms with Gasteiger partial charge in [-0.2, -0.15) is 0 Å². The number of alkyl halides is 1. The Balaban J connectivity index is 1.84. The van der Waals surface area contributed by atoms with Gasteiger partial charge in [0.05, 0.1) is 11.7 Å². The molecule has 0 radical (unpaired) electrons. The monoisotopic (exact) mass is 542 g/mol. The summed E-state index contributed by atoms with van der Waals surface area (Å²) in [5.41, 5.74) is 7.23. The van der Waals surface area contributed by atoms with Crippen LogP contribution in [0.5, 0.6) is 0 Å². The molecule has 2 aromatic carbocycles. The topological polar surface area (TPSA) is 73.4 Å². The van der Waals surface area contributed by atoms with Crippen molar-refractivity contribution >= 4 is 5.91 Å². The third-order valence-electron chi connectivity index (χ3n) is 6.97. The van der Waals surface area contributed by atoms with Crippen molar-refractivity contribution in [2.75, 3.05) is 19.8 Å². The molecule has 1 amide bonds. The second kappa shape index (κ2) is 12.3. The van der Waals surface area contributed by atoms with E-state index in [1.54, 1.807) is 29.3 Å². The van der Waals surface area contributed by atoms with Crippen LogP contribution in [-0.2, 0) is 16.1 Å².